The fraction of sp³-hybridized carbons (Fsp3) is 0.429. The Kier molecular flexibility index (Phi) is 4.05. The van der Waals surface area contributed by atoms with Crippen molar-refractivity contribution in [2.75, 3.05) is 13.1 Å². The first kappa shape index (κ1) is 14.2. The fourth-order valence-electron chi connectivity index (χ4n) is 2.64. The summed E-state index contributed by atoms with van der Waals surface area (Å²) >= 11 is 1.48. The molecule has 3 rings (SSSR count). The van der Waals surface area contributed by atoms with Crippen LogP contribution in [0.4, 0.5) is 4.79 Å². The lowest BCUT2D eigenvalue weighted by Gasteiger charge is -2.32. The molecule has 0 saturated carbocycles. The average molecular weight is 308 g/mol. The number of piperidine rings is 1. The molecule has 1 aliphatic heterocycles. The highest BCUT2D eigenvalue weighted by Crippen LogP contribution is 2.34. The normalized spacial score (nSPS) is 21.3. The van der Waals surface area contributed by atoms with Gasteiger partial charge in [-0.2, -0.15) is 0 Å². The summed E-state index contributed by atoms with van der Waals surface area (Å²) in [5.41, 5.74) is 0.881. The van der Waals surface area contributed by atoms with Gasteiger partial charge in [0.1, 0.15) is 11.1 Å². The minimum absolute atomic E-state index is 0.0707. The molecule has 0 amide bonds. The molecule has 112 valence electrons. The van der Waals surface area contributed by atoms with E-state index >= 15 is 0 Å². The second-order valence-electron chi connectivity index (χ2n) is 5.11. The molecule has 1 aromatic carbocycles. The van der Waals surface area contributed by atoms with Gasteiger partial charge in [0.25, 0.3) is 0 Å². The predicted octanol–water partition coefficient (Wildman–Crippen LogP) is 2.65. The highest BCUT2D eigenvalue weighted by molar-refractivity contribution is 7.18. The molecule has 21 heavy (non-hydrogen) atoms. The molecule has 2 N–H and O–H groups in total. The Morgan fingerprint density at radius 3 is 3.05 bits per heavy atom. The van der Waals surface area contributed by atoms with E-state index in [-0.39, 0.29) is 5.92 Å². The van der Waals surface area contributed by atoms with Crippen LogP contribution in [0.3, 0.4) is 0 Å². The topological polar surface area (TPSA) is 82.9 Å². The number of aliphatic hydroxyl groups excluding tert-OH is 1. The summed E-state index contributed by atoms with van der Waals surface area (Å²) in [6.07, 6.45) is -0.385. The minimum atomic E-state index is -1.31. The molecule has 1 fully saturated rings. The number of benzene rings is 1. The molecule has 1 aliphatic rings. The van der Waals surface area contributed by atoms with Crippen LogP contribution >= 0.6 is 11.3 Å². The summed E-state index contributed by atoms with van der Waals surface area (Å²) in [6.45, 7) is 0.957. The number of thiazole rings is 1. The van der Waals surface area contributed by atoms with Crippen LogP contribution in [0.25, 0.3) is 10.2 Å². The zero-order chi connectivity index (χ0) is 14.8. The molecule has 1 aromatic heterocycles. The largest absolute Gasteiger partial charge is 0.525 e. The Hall–Kier alpha value is -1.70. The van der Waals surface area contributed by atoms with Crippen molar-refractivity contribution in [1.29, 1.82) is 0 Å². The van der Waals surface area contributed by atoms with Gasteiger partial charge in [0.15, 0.2) is 0 Å². The van der Waals surface area contributed by atoms with Crippen LogP contribution in [0.15, 0.2) is 24.3 Å². The highest BCUT2D eigenvalue weighted by Gasteiger charge is 2.30. The van der Waals surface area contributed by atoms with Gasteiger partial charge in [-0.3, -0.25) is 0 Å². The van der Waals surface area contributed by atoms with E-state index in [4.69, 9.17) is 5.11 Å². The SMILES string of the molecule is O=C(O)ON1CCCC(C(O)c2nc3ccccc3s2)C1. The molecule has 2 aromatic rings. The Morgan fingerprint density at radius 1 is 1.48 bits per heavy atom. The lowest BCUT2D eigenvalue weighted by atomic mass is 9.94. The predicted molar refractivity (Wildman–Crippen MR) is 78.0 cm³/mol. The Morgan fingerprint density at radius 2 is 2.29 bits per heavy atom. The van der Waals surface area contributed by atoms with Crippen molar-refractivity contribution >= 4 is 27.7 Å². The number of hydrogen-bond donors (Lipinski definition) is 2. The lowest BCUT2D eigenvalue weighted by Crippen LogP contribution is -2.38. The molecular formula is C14H16N2O4S. The van der Waals surface area contributed by atoms with E-state index in [2.05, 4.69) is 9.82 Å². The number of carbonyl (C=O) groups is 1. The first-order valence-electron chi connectivity index (χ1n) is 6.83. The third-order valence-corrected chi connectivity index (χ3v) is 4.74. The molecule has 0 bridgehead atoms. The summed E-state index contributed by atoms with van der Waals surface area (Å²) in [6, 6.07) is 7.76. The van der Waals surface area contributed by atoms with Crippen molar-refractivity contribution in [1.82, 2.24) is 10.0 Å². The molecule has 0 aliphatic carbocycles. The number of hydrogen-bond acceptors (Lipinski definition) is 6. The van der Waals surface area contributed by atoms with Gasteiger partial charge in [-0.25, -0.2) is 9.78 Å². The third kappa shape index (κ3) is 3.15. The van der Waals surface area contributed by atoms with Crippen LogP contribution in [0.5, 0.6) is 0 Å². The van der Waals surface area contributed by atoms with E-state index in [9.17, 15) is 9.90 Å². The van der Waals surface area contributed by atoms with Gasteiger partial charge in [0, 0.05) is 19.0 Å². The fourth-order valence-corrected chi connectivity index (χ4v) is 3.69. The summed E-state index contributed by atoms with van der Waals surface area (Å²) in [5, 5.41) is 21.3. The number of carboxylic acid groups (broad SMARTS) is 1. The van der Waals surface area contributed by atoms with Gasteiger partial charge in [-0.05, 0) is 25.0 Å². The van der Waals surface area contributed by atoms with Crippen molar-refractivity contribution in [3.8, 4) is 0 Å². The van der Waals surface area contributed by atoms with Gasteiger partial charge < -0.3 is 15.1 Å². The molecule has 2 atom stereocenters. The lowest BCUT2D eigenvalue weighted by molar-refractivity contribution is -0.150. The monoisotopic (exact) mass is 308 g/mol. The number of hydroxylamine groups is 2. The molecule has 2 heterocycles. The van der Waals surface area contributed by atoms with E-state index in [1.54, 1.807) is 0 Å². The molecule has 7 heteroatoms. The molecule has 6 nitrogen and oxygen atoms in total. The van der Waals surface area contributed by atoms with Crippen LogP contribution in [-0.2, 0) is 4.84 Å². The average Bonchev–Trinajstić information content (AvgIpc) is 2.90. The molecule has 0 spiro atoms. The second-order valence-corrected chi connectivity index (χ2v) is 6.17. The number of para-hydroxylation sites is 1. The van der Waals surface area contributed by atoms with Crippen LogP contribution in [-0.4, -0.2) is 39.5 Å². The van der Waals surface area contributed by atoms with E-state index in [1.165, 1.54) is 16.4 Å². The van der Waals surface area contributed by atoms with Crippen molar-refractivity contribution < 1.29 is 19.8 Å². The van der Waals surface area contributed by atoms with Gasteiger partial charge in [0.05, 0.1) is 10.2 Å². The smallest absolute Gasteiger partial charge is 0.448 e. The minimum Gasteiger partial charge on any atom is -0.448 e. The van der Waals surface area contributed by atoms with Gasteiger partial charge in [-0.15, -0.1) is 16.4 Å². The van der Waals surface area contributed by atoms with Crippen molar-refractivity contribution in [3.63, 3.8) is 0 Å². The second kappa shape index (κ2) is 5.97. The molecule has 2 unspecified atom stereocenters. The maximum atomic E-state index is 10.6. The Labute approximate surface area is 125 Å². The number of aromatic nitrogens is 1. The van der Waals surface area contributed by atoms with Gasteiger partial charge >= 0.3 is 6.16 Å². The summed E-state index contributed by atoms with van der Waals surface area (Å²) in [4.78, 5) is 19.7. The standard InChI is InChI=1S/C14H16N2O4S/c17-12(9-4-3-7-16(8-9)20-14(18)19)13-15-10-5-1-2-6-11(10)21-13/h1-2,5-6,9,12,17H,3-4,7-8H2,(H,18,19). The van der Waals surface area contributed by atoms with Crippen LogP contribution in [0, 0.1) is 5.92 Å². The molecule has 1 saturated heterocycles. The van der Waals surface area contributed by atoms with Crippen molar-refractivity contribution in [3.05, 3.63) is 29.3 Å². The van der Waals surface area contributed by atoms with Crippen molar-refractivity contribution in [2.45, 2.75) is 18.9 Å². The number of rotatable bonds is 3. The third-order valence-electron chi connectivity index (χ3n) is 3.64. The zero-order valence-corrected chi connectivity index (χ0v) is 12.1. The number of aliphatic hydroxyl groups is 1. The molecular weight excluding hydrogens is 292 g/mol. The Bertz CT molecular complexity index is 612. The van der Waals surface area contributed by atoms with Crippen molar-refractivity contribution in [2.24, 2.45) is 5.92 Å². The van der Waals surface area contributed by atoms with E-state index < -0.39 is 12.3 Å². The maximum Gasteiger partial charge on any atom is 0.525 e. The van der Waals surface area contributed by atoms with Crippen LogP contribution in [0.2, 0.25) is 0 Å². The van der Waals surface area contributed by atoms with E-state index in [0.29, 0.717) is 18.1 Å². The zero-order valence-electron chi connectivity index (χ0n) is 11.3. The Balaban J connectivity index is 1.74. The van der Waals surface area contributed by atoms with Gasteiger partial charge in [0.2, 0.25) is 0 Å². The first-order chi connectivity index (χ1) is 10.1. The van der Waals surface area contributed by atoms with Crippen LogP contribution in [0.1, 0.15) is 24.0 Å². The van der Waals surface area contributed by atoms with E-state index in [1.807, 2.05) is 24.3 Å². The van der Waals surface area contributed by atoms with E-state index in [0.717, 1.165) is 23.1 Å². The summed E-state index contributed by atoms with van der Waals surface area (Å²) in [5.74, 6) is -0.0707. The first-order valence-corrected chi connectivity index (χ1v) is 7.64. The number of fused-ring (bicyclic) bond motifs is 1. The maximum absolute atomic E-state index is 10.6. The quantitative estimate of drug-likeness (QED) is 0.907. The highest BCUT2D eigenvalue weighted by atomic mass is 32.1. The summed E-state index contributed by atoms with van der Waals surface area (Å²) < 4.78 is 1.04. The van der Waals surface area contributed by atoms with Crippen LogP contribution < -0.4 is 0 Å². The molecule has 0 radical (unpaired) electrons. The van der Waals surface area contributed by atoms with Gasteiger partial charge in [-0.1, -0.05) is 12.1 Å². The summed E-state index contributed by atoms with van der Waals surface area (Å²) in [7, 11) is 0. The number of nitrogens with zero attached hydrogens (tertiary/aromatic N) is 2.